The van der Waals surface area contributed by atoms with Gasteiger partial charge >= 0.3 is 8.56 Å². The van der Waals surface area contributed by atoms with E-state index in [0.29, 0.717) is 6.61 Å². The van der Waals surface area contributed by atoms with Gasteiger partial charge in [-0.2, -0.15) is 0 Å². The van der Waals surface area contributed by atoms with Crippen LogP contribution in [0.4, 0.5) is 0 Å². The third kappa shape index (κ3) is 2.71. The lowest BCUT2D eigenvalue weighted by molar-refractivity contribution is 0.126. The van der Waals surface area contributed by atoms with E-state index < -0.39 is 14.3 Å². The van der Waals surface area contributed by atoms with E-state index in [1.165, 1.54) is 0 Å². The van der Waals surface area contributed by atoms with Gasteiger partial charge in [-0.15, -0.1) is 0 Å². The first-order chi connectivity index (χ1) is 7.70. The maximum Gasteiger partial charge on any atom is 0.371 e. The van der Waals surface area contributed by atoms with Gasteiger partial charge in [-0.3, -0.25) is 0 Å². The van der Waals surface area contributed by atoms with Crippen LogP contribution >= 0.6 is 0 Å². The molecule has 0 aromatic heterocycles. The molecule has 0 aliphatic rings. The lowest BCUT2D eigenvalue weighted by Gasteiger charge is -2.32. The average molecular weight is 240 g/mol. The van der Waals surface area contributed by atoms with Gasteiger partial charge in [0.1, 0.15) is 5.73 Å². The molecule has 90 valence electrons. The van der Waals surface area contributed by atoms with Gasteiger partial charge in [0, 0.05) is 13.7 Å². The van der Waals surface area contributed by atoms with Crippen LogP contribution in [-0.2, 0) is 8.85 Å². The Labute approximate surface area is 98.3 Å². The second kappa shape index (κ2) is 6.15. The first-order valence-corrected chi connectivity index (χ1v) is 7.72. The molecule has 0 saturated heterocycles. The molecular weight excluding hydrogens is 220 g/mol. The van der Waals surface area contributed by atoms with Gasteiger partial charge in [-0.1, -0.05) is 37.3 Å². The van der Waals surface area contributed by atoms with Gasteiger partial charge in [-0.25, -0.2) is 0 Å². The molecule has 0 fully saturated rings. The second-order valence-electron chi connectivity index (χ2n) is 3.62. The van der Waals surface area contributed by atoms with E-state index in [2.05, 4.69) is 0 Å². The number of aliphatic hydroxyl groups excluding tert-OH is 1. The van der Waals surface area contributed by atoms with Gasteiger partial charge in [0.2, 0.25) is 0 Å². The summed E-state index contributed by atoms with van der Waals surface area (Å²) in [6.45, 7) is 4.49. The van der Waals surface area contributed by atoms with E-state index in [1.54, 1.807) is 7.11 Å². The van der Waals surface area contributed by atoms with Gasteiger partial charge in [-0.05, 0) is 18.5 Å². The molecule has 0 radical (unpaired) electrons. The van der Waals surface area contributed by atoms with Gasteiger partial charge < -0.3 is 14.0 Å². The predicted molar refractivity (Wildman–Crippen MR) is 66.3 cm³/mol. The Bertz CT molecular complexity index is 298. The fourth-order valence-corrected chi connectivity index (χ4v) is 4.39. The number of aliphatic hydroxyl groups is 1. The zero-order valence-electron chi connectivity index (χ0n) is 10.1. The van der Waals surface area contributed by atoms with Crippen molar-refractivity contribution >= 4 is 8.56 Å². The number of hydrogen-bond donors (Lipinski definition) is 1. The lowest BCUT2D eigenvalue weighted by atomic mass is 10.2. The molecule has 1 aromatic carbocycles. The Morgan fingerprint density at radius 3 is 2.31 bits per heavy atom. The summed E-state index contributed by atoms with van der Waals surface area (Å²) in [6.07, 6.45) is 0. The predicted octanol–water partition coefficient (Wildman–Crippen LogP) is 2.40. The number of benzene rings is 1. The summed E-state index contributed by atoms with van der Waals surface area (Å²) in [5, 5.41) is 10.4. The normalized spacial score (nSPS) is 16.8. The Kier molecular flexibility index (Phi) is 5.14. The van der Waals surface area contributed by atoms with E-state index in [0.717, 1.165) is 11.6 Å². The molecule has 4 heteroatoms. The number of rotatable bonds is 6. The van der Waals surface area contributed by atoms with Crippen LogP contribution in [0.3, 0.4) is 0 Å². The molecule has 1 rings (SSSR count). The molecule has 0 bridgehead atoms. The highest BCUT2D eigenvalue weighted by molar-refractivity contribution is 6.68. The molecule has 0 aliphatic carbocycles. The van der Waals surface area contributed by atoms with Gasteiger partial charge in [0.15, 0.2) is 0 Å². The van der Waals surface area contributed by atoms with Crippen molar-refractivity contribution in [1.82, 2.24) is 0 Å². The highest BCUT2D eigenvalue weighted by Crippen LogP contribution is 2.29. The van der Waals surface area contributed by atoms with Crippen molar-refractivity contribution in [1.29, 1.82) is 0 Å². The topological polar surface area (TPSA) is 38.7 Å². The zero-order valence-corrected chi connectivity index (χ0v) is 11.1. The quantitative estimate of drug-likeness (QED) is 0.776. The third-order valence-corrected chi connectivity index (χ3v) is 6.38. The van der Waals surface area contributed by atoms with Crippen LogP contribution < -0.4 is 0 Å². The molecule has 0 heterocycles. The number of hydrogen-bond acceptors (Lipinski definition) is 3. The molecule has 16 heavy (non-hydrogen) atoms. The van der Waals surface area contributed by atoms with Crippen LogP contribution in [0.25, 0.3) is 0 Å². The molecule has 1 N–H and O–H groups in total. The van der Waals surface area contributed by atoms with Crippen molar-refractivity contribution in [3.05, 3.63) is 35.9 Å². The lowest BCUT2D eigenvalue weighted by Crippen LogP contribution is -2.47. The molecule has 1 aromatic rings. The fraction of sp³-hybridized carbons (Fsp3) is 0.500. The zero-order chi connectivity index (χ0) is 12.0. The van der Waals surface area contributed by atoms with Crippen LogP contribution in [0.15, 0.2) is 30.3 Å². The van der Waals surface area contributed by atoms with Crippen molar-refractivity contribution in [3.63, 3.8) is 0 Å². The fourth-order valence-electron chi connectivity index (χ4n) is 1.82. The largest absolute Gasteiger partial charge is 0.396 e. The van der Waals surface area contributed by atoms with Crippen LogP contribution in [0.5, 0.6) is 0 Å². The summed E-state index contributed by atoms with van der Waals surface area (Å²) in [4.78, 5) is 0. The van der Waals surface area contributed by atoms with Gasteiger partial charge in [0.25, 0.3) is 0 Å². The van der Waals surface area contributed by atoms with E-state index >= 15 is 0 Å². The van der Waals surface area contributed by atoms with Crippen molar-refractivity contribution in [3.8, 4) is 0 Å². The average Bonchev–Trinajstić information content (AvgIpc) is 2.36. The molecule has 0 saturated carbocycles. The van der Waals surface area contributed by atoms with E-state index in [1.807, 2.05) is 44.2 Å². The van der Waals surface area contributed by atoms with Crippen molar-refractivity contribution in [2.24, 2.45) is 0 Å². The summed E-state index contributed by atoms with van der Waals surface area (Å²) in [6, 6.07) is 10.3. The summed E-state index contributed by atoms with van der Waals surface area (Å²) in [7, 11) is -0.910. The van der Waals surface area contributed by atoms with E-state index in [4.69, 9.17) is 8.85 Å². The maximum atomic E-state index is 10.4. The molecule has 0 aliphatic heterocycles. The van der Waals surface area contributed by atoms with E-state index in [-0.39, 0.29) is 0 Å². The Morgan fingerprint density at radius 1 is 1.25 bits per heavy atom. The van der Waals surface area contributed by atoms with Crippen molar-refractivity contribution in [2.75, 3.05) is 13.7 Å². The molecule has 2 atom stereocenters. The molecule has 2 unspecified atom stereocenters. The Balaban J connectivity index is 2.95. The maximum absolute atomic E-state index is 10.4. The Morgan fingerprint density at radius 2 is 1.88 bits per heavy atom. The summed E-state index contributed by atoms with van der Waals surface area (Å²) < 4.78 is 11.2. The van der Waals surface area contributed by atoms with E-state index in [9.17, 15) is 5.11 Å². The smallest absolute Gasteiger partial charge is 0.371 e. The molecule has 0 amide bonds. The first kappa shape index (κ1) is 13.4. The van der Waals surface area contributed by atoms with Crippen LogP contribution in [0, 0.1) is 0 Å². The SMILES string of the molecule is CCO[Si](CC)(OC)C(O)c1ccccc1. The van der Waals surface area contributed by atoms with Crippen LogP contribution in [0.1, 0.15) is 25.1 Å². The van der Waals surface area contributed by atoms with Crippen LogP contribution in [0.2, 0.25) is 6.04 Å². The first-order valence-electron chi connectivity index (χ1n) is 5.62. The van der Waals surface area contributed by atoms with Crippen molar-refractivity contribution in [2.45, 2.75) is 25.6 Å². The second-order valence-corrected chi connectivity index (χ2v) is 7.19. The highest BCUT2D eigenvalue weighted by Gasteiger charge is 2.43. The minimum absolute atomic E-state index is 0.567. The highest BCUT2D eigenvalue weighted by atomic mass is 28.4. The molecule has 3 nitrogen and oxygen atoms in total. The standard InChI is InChI=1S/C12H20O3Si/c1-4-15-16(5-2,14-3)12(13)11-9-7-6-8-10-11/h6-10,12-13H,4-5H2,1-3H3. The summed E-state index contributed by atoms with van der Waals surface area (Å²) in [5.41, 5.74) is 0.231. The minimum Gasteiger partial charge on any atom is -0.396 e. The molecular formula is C12H20O3Si. The summed E-state index contributed by atoms with van der Waals surface area (Å²) in [5.74, 6) is 0. The summed E-state index contributed by atoms with van der Waals surface area (Å²) >= 11 is 0. The van der Waals surface area contributed by atoms with Crippen molar-refractivity contribution < 1.29 is 14.0 Å². The third-order valence-electron chi connectivity index (χ3n) is 2.76. The monoisotopic (exact) mass is 240 g/mol. The minimum atomic E-state index is -2.53. The van der Waals surface area contributed by atoms with Crippen LogP contribution in [-0.4, -0.2) is 27.4 Å². The Hall–Kier alpha value is -0.683. The molecule has 0 spiro atoms. The van der Waals surface area contributed by atoms with Gasteiger partial charge in [0.05, 0.1) is 0 Å².